The molecule has 0 unspecified atom stereocenters. The van der Waals surface area contributed by atoms with Crippen LogP contribution in [0.3, 0.4) is 0 Å². The second-order valence-corrected chi connectivity index (χ2v) is 17.1. The van der Waals surface area contributed by atoms with Gasteiger partial charge < -0.3 is 28.5 Å². The van der Waals surface area contributed by atoms with Crippen molar-refractivity contribution in [2.75, 3.05) is 20.3 Å². The van der Waals surface area contributed by atoms with Crippen molar-refractivity contribution in [3.05, 3.63) is 191 Å². The van der Waals surface area contributed by atoms with E-state index in [0.717, 1.165) is 92.1 Å². The molecule has 362 valence electrons. The molecule has 2 aromatic heterocycles. The van der Waals surface area contributed by atoms with Gasteiger partial charge in [0.1, 0.15) is 23.1 Å². The fourth-order valence-corrected chi connectivity index (χ4v) is 8.02. The molecule has 0 amide bonds. The van der Waals surface area contributed by atoms with Gasteiger partial charge in [-0.1, -0.05) is 145 Å². The van der Waals surface area contributed by atoms with Gasteiger partial charge >= 0.3 is 11.9 Å². The Bertz CT molecular complexity index is 3050. The summed E-state index contributed by atoms with van der Waals surface area (Å²) in [6, 6.07) is 48.0. The standard InChI is InChI=1S/C30H29ClN2O3.C29H27ClN2O3/c1-3-33-21-28(26-7-4-5-8-27(26)31)32-29(33)19-12-22-10-13-23(14-11-22)24-15-17-25(18-16-24)36-20-6-9-30(34)35-2;1-2-32-20-27(25-6-3-4-7-26(25)30)31-28(32)18-11-21-9-12-22(13-10-21)23-14-16-24(17-15-23)35-19-5-8-29(33)34/h4-5,7-8,10-19,21H,3,6,9,20H2,1-2H3;3-4,6-7,9-18,20H,2,5,8,19H2,1H3,(H,33,34)/b19-12+;18-11+. The predicted molar refractivity (Wildman–Crippen MR) is 287 cm³/mol. The predicted octanol–water partition coefficient (Wildman–Crippen LogP) is 14.7. The molecule has 0 bridgehead atoms. The number of carbonyl (C=O) groups excluding carboxylic acids is 1. The number of ether oxygens (including phenoxy) is 3. The SMILES string of the molecule is CCn1cc(-c2ccccc2Cl)nc1/C=C/c1ccc(-c2ccc(OCCCC(=O)O)cc2)cc1.CCn1cc(-c2ccccc2Cl)nc1/C=C/c1ccc(-c2ccc(OCCCC(=O)OC)cc2)cc1. The molecule has 6 aromatic carbocycles. The highest BCUT2D eigenvalue weighted by Crippen LogP contribution is 2.30. The van der Waals surface area contributed by atoms with Gasteiger partial charge in [0, 0.05) is 49.5 Å². The number of imidazole rings is 2. The van der Waals surface area contributed by atoms with Gasteiger partial charge in [-0.3, -0.25) is 9.59 Å². The van der Waals surface area contributed by atoms with E-state index in [-0.39, 0.29) is 12.4 Å². The third-order valence-corrected chi connectivity index (χ3v) is 12.1. The summed E-state index contributed by atoms with van der Waals surface area (Å²) in [6.07, 6.45) is 13.8. The molecule has 1 N–H and O–H groups in total. The Kier molecular flexibility index (Phi) is 18.6. The van der Waals surface area contributed by atoms with Crippen molar-refractivity contribution in [3.63, 3.8) is 0 Å². The van der Waals surface area contributed by atoms with Crippen LogP contribution in [-0.4, -0.2) is 56.5 Å². The average molecular weight is 988 g/mol. The van der Waals surface area contributed by atoms with Crippen molar-refractivity contribution in [1.82, 2.24) is 19.1 Å². The number of rotatable bonds is 20. The quantitative estimate of drug-likeness (QED) is 0.0593. The van der Waals surface area contributed by atoms with Crippen LogP contribution in [0.2, 0.25) is 10.0 Å². The molecule has 0 aliphatic rings. The zero-order valence-corrected chi connectivity index (χ0v) is 41.5. The number of carboxylic acids is 1. The minimum absolute atomic E-state index is 0.113. The average Bonchev–Trinajstić information content (AvgIpc) is 4.02. The summed E-state index contributed by atoms with van der Waals surface area (Å²) in [5.74, 6) is 2.26. The van der Waals surface area contributed by atoms with Crippen LogP contribution in [0, 0.1) is 0 Å². The van der Waals surface area contributed by atoms with Gasteiger partial charge in [-0.25, -0.2) is 9.97 Å². The summed E-state index contributed by atoms with van der Waals surface area (Å²) >= 11 is 12.7. The number of aryl methyl sites for hydroxylation is 2. The van der Waals surface area contributed by atoms with Gasteiger partial charge in [0.05, 0.1) is 41.8 Å². The normalized spacial score (nSPS) is 11.1. The molecule has 0 fully saturated rings. The van der Waals surface area contributed by atoms with Crippen LogP contribution < -0.4 is 9.47 Å². The third kappa shape index (κ3) is 14.7. The lowest BCUT2D eigenvalue weighted by atomic mass is 10.0. The van der Waals surface area contributed by atoms with E-state index >= 15 is 0 Å². The van der Waals surface area contributed by atoms with Crippen LogP contribution in [0.25, 0.3) is 69.1 Å². The smallest absolute Gasteiger partial charge is 0.305 e. The molecule has 0 spiro atoms. The lowest BCUT2D eigenvalue weighted by Crippen LogP contribution is -2.04. The Morgan fingerprint density at radius 3 is 1.28 bits per heavy atom. The first kappa shape index (κ1) is 51.2. The van der Waals surface area contributed by atoms with E-state index in [1.165, 1.54) is 7.11 Å². The second kappa shape index (κ2) is 25.8. The fraction of sp³-hybridized carbons (Fsp3) is 0.186. The third-order valence-electron chi connectivity index (χ3n) is 11.5. The monoisotopic (exact) mass is 986 g/mol. The largest absolute Gasteiger partial charge is 0.494 e. The number of aromatic nitrogens is 4. The number of methoxy groups -OCH3 is 1. The number of benzene rings is 6. The van der Waals surface area contributed by atoms with Gasteiger partial charge in [0.25, 0.3) is 0 Å². The number of nitrogens with zero attached hydrogens (tertiary/aromatic N) is 4. The topological polar surface area (TPSA) is 118 Å². The molecule has 2 heterocycles. The highest BCUT2D eigenvalue weighted by atomic mass is 35.5. The van der Waals surface area contributed by atoms with E-state index in [2.05, 4.69) is 88.4 Å². The molecule has 0 radical (unpaired) electrons. The van der Waals surface area contributed by atoms with Gasteiger partial charge in [-0.2, -0.15) is 0 Å². The summed E-state index contributed by atoms with van der Waals surface area (Å²) in [7, 11) is 1.39. The molecule has 12 heteroatoms. The lowest BCUT2D eigenvalue weighted by molar-refractivity contribution is -0.141. The summed E-state index contributed by atoms with van der Waals surface area (Å²) in [6.45, 7) is 6.70. The summed E-state index contributed by atoms with van der Waals surface area (Å²) < 4.78 is 20.2. The van der Waals surface area contributed by atoms with Crippen molar-refractivity contribution < 1.29 is 28.9 Å². The molecule has 0 atom stereocenters. The highest BCUT2D eigenvalue weighted by molar-refractivity contribution is 6.33. The summed E-state index contributed by atoms with van der Waals surface area (Å²) in [4.78, 5) is 31.3. The molecule has 10 nitrogen and oxygen atoms in total. The Morgan fingerprint density at radius 2 is 0.915 bits per heavy atom. The molecule has 71 heavy (non-hydrogen) atoms. The molecule has 0 saturated carbocycles. The molecule has 8 rings (SSSR count). The number of esters is 1. The molecule has 8 aromatic rings. The van der Waals surface area contributed by atoms with Crippen molar-refractivity contribution in [2.45, 2.75) is 52.6 Å². The van der Waals surface area contributed by atoms with Gasteiger partial charge in [-0.15, -0.1) is 0 Å². The van der Waals surface area contributed by atoms with Gasteiger partial charge in [0.15, 0.2) is 0 Å². The Morgan fingerprint density at radius 1 is 0.535 bits per heavy atom. The number of hydrogen-bond acceptors (Lipinski definition) is 7. The van der Waals surface area contributed by atoms with Crippen LogP contribution in [0.1, 0.15) is 62.3 Å². The molecular weight excluding hydrogens is 932 g/mol. The molecule has 0 aliphatic heterocycles. The van der Waals surface area contributed by atoms with Crippen molar-refractivity contribution in [1.29, 1.82) is 0 Å². The number of carboxylic acid groups (broad SMARTS) is 1. The van der Waals surface area contributed by atoms with Crippen LogP contribution in [0.4, 0.5) is 0 Å². The zero-order chi connectivity index (χ0) is 50.0. The maximum Gasteiger partial charge on any atom is 0.305 e. The number of carbonyl (C=O) groups is 2. The minimum atomic E-state index is -0.806. The number of hydrogen-bond donors (Lipinski definition) is 1. The van der Waals surface area contributed by atoms with Crippen LogP contribution in [-0.2, 0) is 27.4 Å². The molecular formula is C59H56Cl2N4O6. The highest BCUT2D eigenvalue weighted by Gasteiger charge is 2.12. The van der Waals surface area contributed by atoms with Gasteiger partial charge in [-0.05, 0) is 109 Å². The van der Waals surface area contributed by atoms with Crippen molar-refractivity contribution >= 4 is 59.4 Å². The Labute approximate surface area is 425 Å². The number of aliphatic carboxylic acids is 1. The number of halogens is 2. The first-order valence-corrected chi connectivity index (χ1v) is 24.3. The Hall–Kier alpha value is -7.66. The van der Waals surface area contributed by atoms with Crippen LogP contribution >= 0.6 is 23.2 Å². The maximum atomic E-state index is 11.2. The Balaban J connectivity index is 0.000000209. The van der Waals surface area contributed by atoms with E-state index in [4.69, 9.17) is 47.8 Å². The van der Waals surface area contributed by atoms with Crippen molar-refractivity contribution in [3.8, 4) is 56.3 Å². The van der Waals surface area contributed by atoms with E-state index in [9.17, 15) is 9.59 Å². The van der Waals surface area contributed by atoms with E-state index < -0.39 is 5.97 Å². The molecule has 0 saturated heterocycles. The summed E-state index contributed by atoms with van der Waals surface area (Å²) in [5.41, 5.74) is 10.2. The zero-order valence-electron chi connectivity index (χ0n) is 40.0. The van der Waals surface area contributed by atoms with E-state index in [1.54, 1.807) is 0 Å². The van der Waals surface area contributed by atoms with E-state index in [0.29, 0.717) is 42.5 Å². The fourth-order valence-electron chi connectivity index (χ4n) is 7.55. The van der Waals surface area contributed by atoms with Crippen LogP contribution in [0.5, 0.6) is 11.5 Å². The first-order valence-electron chi connectivity index (χ1n) is 23.6. The second-order valence-electron chi connectivity index (χ2n) is 16.3. The van der Waals surface area contributed by atoms with Gasteiger partial charge in [0.2, 0.25) is 0 Å². The van der Waals surface area contributed by atoms with E-state index in [1.807, 2.05) is 122 Å². The van der Waals surface area contributed by atoms with Crippen LogP contribution in [0.15, 0.2) is 158 Å². The first-order chi connectivity index (χ1) is 34.6. The minimum Gasteiger partial charge on any atom is -0.494 e. The molecule has 0 aliphatic carbocycles. The summed E-state index contributed by atoms with van der Waals surface area (Å²) in [5, 5.41) is 10.1. The maximum absolute atomic E-state index is 11.2. The van der Waals surface area contributed by atoms with Crippen molar-refractivity contribution in [2.24, 2.45) is 0 Å². The lowest BCUT2D eigenvalue weighted by Gasteiger charge is -2.07.